The molecule has 0 aromatic heterocycles. The molecule has 0 bridgehead atoms. The molecule has 3 aliphatic carbocycles. The van der Waals surface area contributed by atoms with Gasteiger partial charge in [0.25, 0.3) is 0 Å². The van der Waals surface area contributed by atoms with Gasteiger partial charge in [-0.25, -0.2) is 0 Å². The quantitative estimate of drug-likeness (QED) is 0.211. The minimum Gasteiger partial charge on any atom is -0.508 e. The summed E-state index contributed by atoms with van der Waals surface area (Å²) in [6.07, 6.45) is 4.37. The standard InChI is InChI=1S/C32H28INO7/c1-15-11-24(36)22-14-21-19(26(28(22)29(15)37)17-12-23(33)30(38)25(13-17)41-2)7-8-20-27(21)32(40)34(31(20)39)10-9-16-3-5-18(35)6-4-16/h3-7,11-13,20-21,26-27,35,38H,8-10,14H2,1-2H3. The van der Waals surface area contributed by atoms with E-state index in [2.05, 4.69) is 0 Å². The van der Waals surface area contributed by atoms with E-state index < -0.39 is 23.7 Å². The third-order valence-electron chi connectivity index (χ3n) is 8.82. The summed E-state index contributed by atoms with van der Waals surface area (Å²) < 4.78 is 5.94. The molecule has 4 atom stereocenters. The maximum absolute atomic E-state index is 13.9. The Balaban J connectivity index is 1.40. The summed E-state index contributed by atoms with van der Waals surface area (Å²) in [6, 6.07) is 10.1. The minimum absolute atomic E-state index is 0.0148. The molecule has 2 aromatic carbocycles. The van der Waals surface area contributed by atoms with Crippen LogP contribution in [0.25, 0.3) is 0 Å². The molecule has 210 valence electrons. The summed E-state index contributed by atoms with van der Waals surface area (Å²) >= 11 is 2.00. The lowest BCUT2D eigenvalue weighted by Gasteiger charge is -2.42. The van der Waals surface area contributed by atoms with E-state index in [1.165, 1.54) is 18.1 Å². The number of ether oxygens (including phenoxy) is 1. The number of rotatable bonds is 5. The number of halogens is 1. The van der Waals surface area contributed by atoms with Crippen molar-refractivity contribution in [2.45, 2.75) is 32.1 Å². The molecule has 0 spiro atoms. The molecule has 1 saturated heterocycles. The molecule has 1 fully saturated rings. The van der Waals surface area contributed by atoms with Crippen LogP contribution in [0.15, 0.2) is 70.8 Å². The lowest BCUT2D eigenvalue weighted by molar-refractivity contribution is -0.140. The molecule has 4 aliphatic rings. The van der Waals surface area contributed by atoms with Gasteiger partial charge in [0.2, 0.25) is 11.8 Å². The monoisotopic (exact) mass is 665 g/mol. The third kappa shape index (κ3) is 4.41. The van der Waals surface area contributed by atoms with Crippen molar-refractivity contribution in [2.24, 2.45) is 17.8 Å². The number of carbonyl (C=O) groups is 4. The van der Waals surface area contributed by atoms with Crippen molar-refractivity contribution in [2.75, 3.05) is 13.7 Å². The number of carbonyl (C=O) groups excluding carboxylic acids is 4. The molecule has 0 saturated carbocycles. The Kier molecular flexibility index (Phi) is 6.88. The number of imide groups is 1. The van der Waals surface area contributed by atoms with Crippen LogP contribution in [0.1, 0.15) is 36.8 Å². The molecule has 8 nitrogen and oxygen atoms in total. The number of hydrogen-bond donors (Lipinski definition) is 2. The van der Waals surface area contributed by atoms with E-state index >= 15 is 0 Å². The third-order valence-corrected chi connectivity index (χ3v) is 9.64. The van der Waals surface area contributed by atoms with Gasteiger partial charge in [-0.15, -0.1) is 0 Å². The van der Waals surface area contributed by atoms with Crippen LogP contribution in [0.5, 0.6) is 17.2 Å². The highest BCUT2D eigenvalue weighted by atomic mass is 127. The molecule has 41 heavy (non-hydrogen) atoms. The number of nitrogens with zero attached hydrogens (tertiary/aromatic N) is 1. The summed E-state index contributed by atoms with van der Waals surface area (Å²) in [7, 11) is 1.45. The van der Waals surface area contributed by atoms with Crippen molar-refractivity contribution >= 4 is 46.0 Å². The zero-order valence-corrected chi connectivity index (χ0v) is 24.7. The van der Waals surface area contributed by atoms with Crippen molar-refractivity contribution in [3.8, 4) is 17.2 Å². The minimum atomic E-state index is -0.633. The first-order valence-electron chi connectivity index (χ1n) is 13.5. The summed E-state index contributed by atoms with van der Waals surface area (Å²) in [5, 5.41) is 20.1. The maximum Gasteiger partial charge on any atom is 0.233 e. The van der Waals surface area contributed by atoms with Gasteiger partial charge in [0, 0.05) is 29.2 Å². The molecule has 1 aliphatic heterocycles. The Labute approximate surface area is 250 Å². The molecule has 1 heterocycles. The predicted octanol–water partition coefficient (Wildman–Crippen LogP) is 4.38. The largest absolute Gasteiger partial charge is 0.508 e. The fourth-order valence-corrected chi connectivity index (χ4v) is 7.47. The number of likely N-dealkylation sites (tertiary alicyclic amines) is 1. The Bertz CT molecular complexity index is 1620. The van der Waals surface area contributed by atoms with Crippen LogP contribution >= 0.6 is 22.6 Å². The first-order valence-corrected chi connectivity index (χ1v) is 14.6. The lowest BCUT2D eigenvalue weighted by Crippen LogP contribution is -2.40. The van der Waals surface area contributed by atoms with E-state index in [0.29, 0.717) is 38.7 Å². The number of amides is 2. The molecule has 2 N–H and O–H groups in total. The average molecular weight is 665 g/mol. The van der Waals surface area contributed by atoms with Gasteiger partial charge < -0.3 is 14.9 Å². The van der Waals surface area contributed by atoms with E-state index in [9.17, 15) is 29.4 Å². The number of benzene rings is 2. The first kappa shape index (κ1) is 27.4. The number of methoxy groups -OCH3 is 1. The second kappa shape index (κ2) is 10.3. The van der Waals surface area contributed by atoms with E-state index in [1.54, 1.807) is 43.3 Å². The van der Waals surface area contributed by atoms with Crippen molar-refractivity contribution in [1.29, 1.82) is 0 Å². The van der Waals surface area contributed by atoms with Gasteiger partial charge >= 0.3 is 0 Å². The van der Waals surface area contributed by atoms with Crippen LogP contribution in [0.3, 0.4) is 0 Å². The Hall–Kier alpha value is -3.73. The smallest absolute Gasteiger partial charge is 0.233 e. The normalized spacial score (nSPS) is 25.5. The molecule has 2 aromatic rings. The molecular formula is C32H28INO7. The molecule has 6 rings (SSSR count). The number of aromatic hydroxyl groups is 2. The van der Waals surface area contributed by atoms with E-state index in [1.807, 2.05) is 28.7 Å². The number of ketones is 2. The second-order valence-electron chi connectivity index (χ2n) is 11.0. The first-order chi connectivity index (χ1) is 19.6. The molecule has 0 radical (unpaired) electrons. The van der Waals surface area contributed by atoms with Crippen molar-refractivity contribution in [3.63, 3.8) is 0 Å². The van der Waals surface area contributed by atoms with Crippen molar-refractivity contribution in [3.05, 3.63) is 85.5 Å². The Morgan fingerprint density at radius 1 is 1.02 bits per heavy atom. The SMILES string of the molecule is COc1cc(C2C3=CCC4C(=O)N(CCc5ccc(O)cc5)C(=O)C4C3CC3=C2C(=O)C(C)=CC3=O)cc(I)c1O. The number of fused-ring (bicyclic) bond motifs is 3. The fraction of sp³-hybridized carbons (Fsp3) is 0.312. The van der Waals surface area contributed by atoms with Crippen molar-refractivity contribution in [1.82, 2.24) is 4.90 Å². The number of phenols is 2. The van der Waals surface area contributed by atoms with E-state index in [4.69, 9.17) is 4.74 Å². The van der Waals surface area contributed by atoms with Gasteiger partial charge in [-0.3, -0.25) is 24.1 Å². The Morgan fingerprint density at radius 2 is 1.76 bits per heavy atom. The summed E-state index contributed by atoms with van der Waals surface area (Å²) in [5.74, 6) is -2.73. The zero-order valence-electron chi connectivity index (χ0n) is 22.5. The fourth-order valence-electron chi connectivity index (χ4n) is 6.85. The number of phenolic OH excluding ortho intramolecular Hbond substituents is 2. The van der Waals surface area contributed by atoms with Gasteiger partial charge in [-0.05, 0) is 96.2 Å². The number of Topliss-reactive ketones (excluding diaryl/α,β-unsaturated/α-hetero) is 1. The van der Waals surface area contributed by atoms with Gasteiger partial charge in [-0.1, -0.05) is 23.8 Å². The zero-order chi connectivity index (χ0) is 29.2. The van der Waals surface area contributed by atoms with Crippen LogP contribution in [0, 0.1) is 21.3 Å². The molecule has 9 heteroatoms. The van der Waals surface area contributed by atoms with Crippen LogP contribution in [0.4, 0.5) is 0 Å². The van der Waals surface area contributed by atoms with Crippen molar-refractivity contribution < 1.29 is 34.1 Å². The Morgan fingerprint density at radius 3 is 2.46 bits per heavy atom. The number of allylic oxidation sites excluding steroid dienone is 6. The van der Waals surface area contributed by atoms with Gasteiger partial charge in [-0.2, -0.15) is 0 Å². The van der Waals surface area contributed by atoms with Crippen LogP contribution < -0.4 is 4.74 Å². The highest BCUT2D eigenvalue weighted by molar-refractivity contribution is 14.1. The predicted molar refractivity (Wildman–Crippen MR) is 157 cm³/mol. The molecule has 4 unspecified atom stereocenters. The summed E-state index contributed by atoms with van der Waals surface area (Å²) in [5.41, 5.74) is 3.58. The van der Waals surface area contributed by atoms with Gasteiger partial charge in [0.15, 0.2) is 23.1 Å². The number of hydrogen-bond acceptors (Lipinski definition) is 7. The van der Waals surface area contributed by atoms with Gasteiger partial charge in [0.1, 0.15) is 5.75 Å². The topological polar surface area (TPSA) is 121 Å². The van der Waals surface area contributed by atoms with E-state index in [0.717, 1.165) is 11.1 Å². The second-order valence-corrected chi connectivity index (χ2v) is 12.2. The molecule has 2 amide bonds. The van der Waals surface area contributed by atoms with Crippen LogP contribution in [-0.4, -0.2) is 52.1 Å². The van der Waals surface area contributed by atoms with Crippen LogP contribution in [-0.2, 0) is 25.6 Å². The highest BCUT2D eigenvalue weighted by Gasteiger charge is 2.56. The lowest BCUT2D eigenvalue weighted by atomic mass is 9.59. The average Bonchev–Trinajstić information content (AvgIpc) is 3.20. The summed E-state index contributed by atoms with van der Waals surface area (Å²) in [6.45, 7) is 1.85. The van der Waals surface area contributed by atoms with Gasteiger partial charge in [0.05, 0.1) is 22.5 Å². The maximum atomic E-state index is 13.9. The highest BCUT2D eigenvalue weighted by Crippen LogP contribution is 2.55. The van der Waals surface area contributed by atoms with E-state index in [-0.39, 0.29) is 53.6 Å². The van der Waals surface area contributed by atoms with Crippen LogP contribution in [0.2, 0.25) is 0 Å². The summed E-state index contributed by atoms with van der Waals surface area (Å²) in [4.78, 5) is 55.6. The molecular weight excluding hydrogens is 637 g/mol.